The molecule has 2 heteroatoms. The first-order valence-corrected chi connectivity index (χ1v) is 5.20. The van der Waals surface area contributed by atoms with E-state index in [1.807, 2.05) is 13.8 Å². The SMILES string of the molecule is CC(NCCC(C)(C)C#N)C1CC1. The summed E-state index contributed by atoms with van der Waals surface area (Å²) in [7, 11) is 0. The van der Waals surface area contributed by atoms with E-state index in [0.717, 1.165) is 18.9 Å². The van der Waals surface area contributed by atoms with E-state index in [4.69, 9.17) is 5.26 Å². The van der Waals surface area contributed by atoms with Crippen molar-refractivity contribution in [3.8, 4) is 6.07 Å². The number of nitriles is 1. The number of hydrogen-bond acceptors (Lipinski definition) is 2. The molecule has 0 amide bonds. The molecule has 1 saturated carbocycles. The summed E-state index contributed by atoms with van der Waals surface area (Å²) in [4.78, 5) is 0. The molecule has 2 nitrogen and oxygen atoms in total. The average molecular weight is 180 g/mol. The van der Waals surface area contributed by atoms with Gasteiger partial charge in [-0.25, -0.2) is 0 Å². The summed E-state index contributed by atoms with van der Waals surface area (Å²) in [5.74, 6) is 0.908. The van der Waals surface area contributed by atoms with Crippen LogP contribution < -0.4 is 5.32 Å². The molecule has 0 aromatic heterocycles. The van der Waals surface area contributed by atoms with Crippen molar-refractivity contribution < 1.29 is 0 Å². The fraction of sp³-hybridized carbons (Fsp3) is 0.909. The molecule has 0 spiro atoms. The van der Waals surface area contributed by atoms with E-state index in [-0.39, 0.29) is 5.41 Å². The molecular formula is C11H20N2. The zero-order valence-electron chi connectivity index (χ0n) is 8.93. The number of nitrogens with zero attached hydrogens (tertiary/aromatic N) is 1. The topological polar surface area (TPSA) is 35.8 Å². The normalized spacial score (nSPS) is 19.5. The third kappa shape index (κ3) is 3.78. The Morgan fingerprint density at radius 1 is 1.54 bits per heavy atom. The van der Waals surface area contributed by atoms with Crippen molar-refractivity contribution in [3.05, 3.63) is 0 Å². The molecule has 1 aliphatic carbocycles. The van der Waals surface area contributed by atoms with E-state index in [2.05, 4.69) is 18.3 Å². The second-order valence-corrected chi connectivity index (χ2v) is 4.83. The maximum atomic E-state index is 8.80. The third-order valence-corrected chi connectivity index (χ3v) is 2.85. The van der Waals surface area contributed by atoms with E-state index >= 15 is 0 Å². The second kappa shape index (κ2) is 4.11. The Morgan fingerprint density at radius 3 is 2.62 bits per heavy atom. The second-order valence-electron chi connectivity index (χ2n) is 4.83. The summed E-state index contributed by atoms with van der Waals surface area (Å²) >= 11 is 0. The molecular weight excluding hydrogens is 160 g/mol. The lowest BCUT2D eigenvalue weighted by Crippen LogP contribution is -2.31. The van der Waals surface area contributed by atoms with Crippen molar-refractivity contribution >= 4 is 0 Å². The molecule has 0 aromatic rings. The van der Waals surface area contributed by atoms with Gasteiger partial charge in [-0.05, 0) is 52.5 Å². The van der Waals surface area contributed by atoms with Gasteiger partial charge >= 0.3 is 0 Å². The van der Waals surface area contributed by atoms with Gasteiger partial charge in [0.05, 0.1) is 11.5 Å². The molecule has 1 atom stereocenters. The van der Waals surface area contributed by atoms with E-state index in [0.29, 0.717) is 6.04 Å². The first-order chi connectivity index (χ1) is 6.05. The summed E-state index contributed by atoms with van der Waals surface area (Å²) < 4.78 is 0. The van der Waals surface area contributed by atoms with Gasteiger partial charge in [0.1, 0.15) is 0 Å². The lowest BCUT2D eigenvalue weighted by molar-refractivity contribution is 0.401. The highest BCUT2D eigenvalue weighted by Gasteiger charge is 2.27. The Hall–Kier alpha value is -0.550. The quantitative estimate of drug-likeness (QED) is 0.704. The smallest absolute Gasteiger partial charge is 0.0684 e. The van der Waals surface area contributed by atoms with Crippen LogP contribution in [0.3, 0.4) is 0 Å². The summed E-state index contributed by atoms with van der Waals surface area (Å²) in [5, 5.41) is 12.3. The van der Waals surface area contributed by atoms with Gasteiger partial charge in [0, 0.05) is 6.04 Å². The fourth-order valence-electron chi connectivity index (χ4n) is 1.43. The molecule has 74 valence electrons. The number of rotatable bonds is 5. The molecule has 0 heterocycles. The van der Waals surface area contributed by atoms with Crippen LogP contribution in [0, 0.1) is 22.7 Å². The van der Waals surface area contributed by atoms with Gasteiger partial charge in [0.2, 0.25) is 0 Å². The summed E-state index contributed by atoms with van der Waals surface area (Å²) in [6.45, 7) is 7.21. The summed E-state index contributed by atoms with van der Waals surface area (Å²) in [6.07, 6.45) is 3.71. The molecule has 1 rings (SSSR count). The zero-order valence-corrected chi connectivity index (χ0v) is 8.93. The first kappa shape index (κ1) is 10.5. The van der Waals surface area contributed by atoms with Gasteiger partial charge < -0.3 is 5.32 Å². The molecule has 1 aliphatic rings. The molecule has 1 unspecified atom stereocenters. The molecule has 0 aliphatic heterocycles. The van der Waals surface area contributed by atoms with Crippen molar-refractivity contribution in [2.75, 3.05) is 6.54 Å². The van der Waals surface area contributed by atoms with Crippen LogP contribution in [0.15, 0.2) is 0 Å². The Labute approximate surface area is 81.3 Å². The summed E-state index contributed by atoms with van der Waals surface area (Å²) in [5.41, 5.74) is -0.170. The first-order valence-electron chi connectivity index (χ1n) is 5.20. The van der Waals surface area contributed by atoms with Crippen LogP contribution in [-0.2, 0) is 0 Å². The van der Waals surface area contributed by atoms with Gasteiger partial charge in [-0.15, -0.1) is 0 Å². The Morgan fingerprint density at radius 2 is 2.15 bits per heavy atom. The number of hydrogen-bond donors (Lipinski definition) is 1. The van der Waals surface area contributed by atoms with Crippen LogP contribution in [0.1, 0.15) is 40.0 Å². The van der Waals surface area contributed by atoms with E-state index < -0.39 is 0 Å². The lowest BCUT2D eigenvalue weighted by Gasteiger charge is -2.18. The van der Waals surface area contributed by atoms with Crippen molar-refractivity contribution in [2.45, 2.75) is 46.1 Å². The van der Waals surface area contributed by atoms with Crippen LogP contribution in [-0.4, -0.2) is 12.6 Å². The van der Waals surface area contributed by atoms with Crippen LogP contribution in [0.25, 0.3) is 0 Å². The maximum Gasteiger partial charge on any atom is 0.0684 e. The van der Waals surface area contributed by atoms with Gasteiger partial charge in [-0.1, -0.05) is 0 Å². The van der Waals surface area contributed by atoms with Crippen molar-refractivity contribution in [1.29, 1.82) is 5.26 Å². The minimum Gasteiger partial charge on any atom is -0.314 e. The highest BCUT2D eigenvalue weighted by molar-refractivity contribution is 4.92. The van der Waals surface area contributed by atoms with Crippen LogP contribution in [0.5, 0.6) is 0 Å². The monoisotopic (exact) mass is 180 g/mol. The van der Waals surface area contributed by atoms with Crippen molar-refractivity contribution in [1.82, 2.24) is 5.32 Å². The van der Waals surface area contributed by atoms with Crippen LogP contribution >= 0.6 is 0 Å². The van der Waals surface area contributed by atoms with Crippen LogP contribution in [0.4, 0.5) is 0 Å². The van der Waals surface area contributed by atoms with Crippen LogP contribution in [0.2, 0.25) is 0 Å². The zero-order chi connectivity index (χ0) is 9.90. The largest absolute Gasteiger partial charge is 0.314 e. The molecule has 1 N–H and O–H groups in total. The van der Waals surface area contributed by atoms with E-state index in [9.17, 15) is 0 Å². The minimum absolute atomic E-state index is 0.170. The molecule has 1 fully saturated rings. The minimum atomic E-state index is -0.170. The standard InChI is InChI=1S/C11H20N2/c1-9(10-4-5-10)13-7-6-11(2,3)8-12/h9-10,13H,4-7H2,1-3H3. The third-order valence-electron chi connectivity index (χ3n) is 2.85. The van der Waals surface area contributed by atoms with Gasteiger partial charge in [-0.2, -0.15) is 5.26 Å². The Balaban J connectivity index is 2.09. The molecule has 0 bridgehead atoms. The average Bonchev–Trinajstić information content (AvgIpc) is 2.86. The van der Waals surface area contributed by atoms with Gasteiger partial charge in [-0.3, -0.25) is 0 Å². The predicted molar refractivity (Wildman–Crippen MR) is 54.2 cm³/mol. The molecule has 13 heavy (non-hydrogen) atoms. The molecule has 0 saturated heterocycles. The lowest BCUT2D eigenvalue weighted by atomic mass is 9.91. The van der Waals surface area contributed by atoms with Crippen molar-refractivity contribution in [2.24, 2.45) is 11.3 Å². The molecule has 0 radical (unpaired) electrons. The van der Waals surface area contributed by atoms with Gasteiger partial charge in [0.25, 0.3) is 0 Å². The Bertz CT molecular complexity index is 199. The predicted octanol–water partition coefficient (Wildman–Crippen LogP) is 2.31. The highest BCUT2D eigenvalue weighted by atomic mass is 14.9. The van der Waals surface area contributed by atoms with Gasteiger partial charge in [0.15, 0.2) is 0 Å². The highest BCUT2D eigenvalue weighted by Crippen LogP contribution is 2.32. The Kier molecular flexibility index (Phi) is 3.33. The summed E-state index contributed by atoms with van der Waals surface area (Å²) in [6, 6.07) is 2.97. The fourth-order valence-corrected chi connectivity index (χ4v) is 1.43. The van der Waals surface area contributed by atoms with Crippen molar-refractivity contribution in [3.63, 3.8) is 0 Å². The number of nitrogens with one attached hydrogen (secondary N) is 1. The maximum absolute atomic E-state index is 8.80. The van der Waals surface area contributed by atoms with E-state index in [1.165, 1.54) is 12.8 Å². The van der Waals surface area contributed by atoms with E-state index in [1.54, 1.807) is 0 Å². The molecule has 0 aromatic carbocycles.